The van der Waals surface area contributed by atoms with Gasteiger partial charge in [-0.15, -0.1) is 12.4 Å². The molecular formula is C32H42ClN5O4S. The van der Waals surface area contributed by atoms with E-state index in [1.54, 1.807) is 24.3 Å². The molecule has 6 rings (SSSR count). The van der Waals surface area contributed by atoms with Crippen molar-refractivity contribution in [2.75, 3.05) is 64.8 Å². The fourth-order valence-electron chi connectivity index (χ4n) is 6.83. The molecule has 0 atom stereocenters. The average Bonchev–Trinajstić information content (AvgIpc) is 3.54. The van der Waals surface area contributed by atoms with Crippen molar-refractivity contribution in [1.82, 2.24) is 19.4 Å². The third-order valence-electron chi connectivity index (χ3n) is 9.36. The van der Waals surface area contributed by atoms with Crippen molar-refractivity contribution in [3.05, 3.63) is 54.6 Å². The van der Waals surface area contributed by atoms with E-state index in [2.05, 4.69) is 32.5 Å². The smallest absolute Gasteiger partial charge is 0.264 e. The van der Waals surface area contributed by atoms with Gasteiger partial charge in [-0.3, -0.25) is 4.31 Å². The third-order valence-corrected chi connectivity index (χ3v) is 11.2. The molecule has 4 heterocycles. The molecule has 43 heavy (non-hydrogen) atoms. The number of piperidine rings is 1. The Balaban J connectivity index is 0.00000368. The Morgan fingerprint density at radius 3 is 2.37 bits per heavy atom. The summed E-state index contributed by atoms with van der Waals surface area (Å²) in [6.07, 6.45) is 4.41. The molecule has 232 valence electrons. The Morgan fingerprint density at radius 1 is 0.907 bits per heavy atom. The van der Waals surface area contributed by atoms with Crippen LogP contribution in [0, 0.1) is 5.41 Å². The first-order chi connectivity index (χ1) is 20.2. The molecule has 0 unspecified atom stereocenters. The molecule has 0 saturated carbocycles. The molecule has 2 saturated heterocycles. The number of benzene rings is 2. The Bertz CT molecular complexity index is 1700. The second-order valence-corrected chi connectivity index (χ2v) is 13.8. The number of rotatable bonds is 9. The number of aryl methyl sites for hydroxylation is 1. The molecule has 0 bridgehead atoms. The number of pyridine rings is 1. The molecule has 9 nitrogen and oxygen atoms in total. The van der Waals surface area contributed by atoms with E-state index < -0.39 is 10.0 Å². The van der Waals surface area contributed by atoms with Crippen LogP contribution in [0.15, 0.2) is 59.5 Å². The quantitative estimate of drug-likeness (QED) is 0.253. The minimum Gasteiger partial charge on any atom is -0.481 e. The molecule has 2 fully saturated rings. The van der Waals surface area contributed by atoms with Crippen LogP contribution in [0.4, 0.5) is 5.69 Å². The molecule has 0 radical (unpaired) electrons. The maximum Gasteiger partial charge on any atom is 0.264 e. The Kier molecular flexibility index (Phi) is 9.13. The minimum absolute atomic E-state index is 0. The highest BCUT2D eigenvalue weighted by molar-refractivity contribution is 7.92. The van der Waals surface area contributed by atoms with Crippen molar-refractivity contribution >= 4 is 49.9 Å². The molecular weight excluding hydrogens is 586 g/mol. The van der Waals surface area contributed by atoms with E-state index in [1.807, 2.05) is 31.3 Å². The van der Waals surface area contributed by atoms with Gasteiger partial charge in [-0.1, -0.05) is 18.2 Å². The van der Waals surface area contributed by atoms with Gasteiger partial charge in [0.1, 0.15) is 5.69 Å². The Labute approximate surface area is 260 Å². The summed E-state index contributed by atoms with van der Waals surface area (Å²) in [6.45, 7) is 5.64. The van der Waals surface area contributed by atoms with Crippen molar-refractivity contribution in [3.63, 3.8) is 0 Å². The molecule has 2 aromatic carbocycles. The first kappa shape index (κ1) is 31.4. The summed E-state index contributed by atoms with van der Waals surface area (Å²) < 4.78 is 43.3. The van der Waals surface area contributed by atoms with Gasteiger partial charge in [0.05, 0.1) is 19.1 Å². The minimum atomic E-state index is -3.95. The summed E-state index contributed by atoms with van der Waals surface area (Å²) in [5.74, 6) is 0.584. The van der Waals surface area contributed by atoms with Crippen LogP contribution in [0.2, 0.25) is 0 Å². The van der Waals surface area contributed by atoms with E-state index >= 15 is 0 Å². The number of fused-ring (bicyclic) bond motifs is 3. The highest BCUT2D eigenvalue weighted by Crippen LogP contribution is 2.40. The van der Waals surface area contributed by atoms with Crippen molar-refractivity contribution < 1.29 is 17.9 Å². The number of anilines is 1. The fraction of sp³-hybridized carbons (Fsp3) is 0.469. The van der Waals surface area contributed by atoms with Crippen LogP contribution in [0.5, 0.6) is 11.8 Å². The summed E-state index contributed by atoms with van der Waals surface area (Å²) in [6, 6.07) is 16.9. The van der Waals surface area contributed by atoms with Crippen LogP contribution in [-0.2, 0) is 17.1 Å². The third kappa shape index (κ3) is 5.90. The van der Waals surface area contributed by atoms with E-state index in [0.717, 1.165) is 54.5 Å². The highest BCUT2D eigenvalue weighted by Gasteiger charge is 2.39. The van der Waals surface area contributed by atoms with Gasteiger partial charge in [0.15, 0.2) is 0 Å². The number of nitrogens with zero attached hydrogens (tertiary/aromatic N) is 5. The van der Waals surface area contributed by atoms with Crippen molar-refractivity contribution in [2.45, 2.75) is 30.6 Å². The van der Waals surface area contributed by atoms with Gasteiger partial charge in [-0.25, -0.2) is 8.42 Å². The summed E-state index contributed by atoms with van der Waals surface area (Å²) in [5, 5.41) is 1.94. The van der Waals surface area contributed by atoms with Crippen LogP contribution < -0.4 is 13.8 Å². The Hall–Kier alpha value is -3.05. The summed E-state index contributed by atoms with van der Waals surface area (Å²) in [4.78, 5) is 9.59. The van der Waals surface area contributed by atoms with Gasteiger partial charge in [0, 0.05) is 48.0 Å². The predicted molar refractivity (Wildman–Crippen MR) is 174 cm³/mol. The first-order valence-corrected chi connectivity index (χ1v) is 16.2. The van der Waals surface area contributed by atoms with Gasteiger partial charge in [0.25, 0.3) is 10.0 Å². The lowest BCUT2D eigenvalue weighted by atomic mass is 9.78. The zero-order valence-electron chi connectivity index (χ0n) is 25.5. The van der Waals surface area contributed by atoms with Gasteiger partial charge >= 0.3 is 0 Å². The molecule has 2 aliphatic heterocycles. The van der Waals surface area contributed by atoms with Crippen molar-refractivity contribution in [1.29, 1.82) is 0 Å². The van der Waals surface area contributed by atoms with Crippen molar-refractivity contribution in [2.24, 2.45) is 12.5 Å². The van der Waals surface area contributed by atoms with Gasteiger partial charge in [-0.05, 0) is 94.7 Å². The molecule has 1 spiro atoms. The van der Waals surface area contributed by atoms with Crippen molar-refractivity contribution in [3.8, 4) is 11.8 Å². The van der Waals surface area contributed by atoms with E-state index in [0.29, 0.717) is 29.9 Å². The lowest BCUT2D eigenvalue weighted by Gasteiger charge is -2.37. The van der Waals surface area contributed by atoms with Gasteiger partial charge < -0.3 is 23.8 Å². The second kappa shape index (κ2) is 12.5. The number of hydrogen-bond acceptors (Lipinski definition) is 7. The lowest BCUT2D eigenvalue weighted by Crippen LogP contribution is -2.40. The number of methoxy groups -OCH3 is 2. The number of aromatic nitrogens is 2. The number of ether oxygens (including phenoxy) is 2. The summed E-state index contributed by atoms with van der Waals surface area (Å²) in [7, 11) is 3.30. The summed E-state index contributed by atoms with van der Waals surface area (Å²) >= 11 is 0. The van der Waals surface area contributed by atoms with Crippen LogP contribution in [0.3, 0.4) is 0 Å². The summed E-state index contributed by atoms with van der Waals surface area (Å²) in [5.41, 5.74) is 2.87. The number of sulfonamides is 1. The SMILES string of the molecule is COc1ccc(N(CCCN2CCC3(CCN(C)CC3)C2)S(=O)(=O)c2ccc3c(c2)c2ccccc2n3C)c(OC)n1.Cl. The molecule has 4 aromatic rings. The predicted octanol–water partition coefficient (Wildman–Crippen LogP) is 5.17. The standard InChI is InChI=1S/C32H41N5O4S.ClH/c1-34-19-14-32(15-20-34)16-21-36(23-32)17-7-18-37(29-12-13-30(40-3)33-31(29)41-4)42(38,39)24-10-11-28-26(22-24)25-8-5-6-9-27(25)35(28)2;/h5-6,8-13,22H,7,14-21,23H2,1-4H3;1H. The second-order valence-electron chi connectivity index (χ2n) is 11.9. The molecule has 11 heteroatoms. The largest absolute Gasteiger partial charge is 0.481 e. The maximum absolute atomic E-state index is 14.4. The normalized spacial score (nSPS) is 17.4. The topological polar surface area (TPSA) is 80.1 Å². The van der Waals surface area contributed by atoms with Gasteiger partial charge in [0.2, 0.25) is 11.8 Å². The first-order valence-electron chi connectivity index (χ1n) is 14.7. The van der Waals surface area contributed by atoms with E-state index in [4.69, 9.17) is 9.47 Å². The molecule has 0 aliphatic carbocycles. The zero-order valence-corrected chi connectivity index (χ0v) is 27.1. The van der Waals surface area contributed by atoms with Crippen LogP contribution >= 0.6 is 12.4 Å². The molecule has 2 aromatic heterocycles. The monoisotopic (exact) mass is 627 g/mol. The Morgan fingerprint density at radius 2 is 1.63 bits per heavy atom. The van der Waals surface area contributed by atoms with Crippen LogP contribution in [-0.4, -0.2) is 88.3 Å². The molecule has 0 amide bonds. The fourth-order valence-corrected chi connectivity index (χ4v) is 8.36. The van der Waals surface area contributed by atoms with E-state index in [-0.39, 0.29) is 23.2 Å². The van der Waals surface area contributed by atoms with Crippen LogP contribution in [0.1, 0.15) is 25.7 Å². The van der Waals surface area contributed by atoms with E-state index in [1.165, 1.54) is 37.8 Å². The highest BCUT2D eigenvalue weighted by atomic mass is 35.5. The molecule has 0 N–H and O–H groups in total. The number of para-hydroxylation sites is 1. The van der Waals surface area contributed by atoms with E-state index in [9.17, 15) is 8.42 Å². The lowest BCUT2D eigenvalue weighted by molar-refractivity contribution is 0.126. The number of halogens is 1. The number of hydrogen-bond donors (Lipinski definition) is 0. The number of likely N-dealkylation sites (tertiary alicyclic amines) is 2. The van der Waals surface area contributed by atoms with Gasteiger partial charge in [-0.2, -0.15) is 4.98 Å². The average molecular weight is 628 g/mol. The van der Waals surface area contributed by atoms with Crippen LogP contribution in [0.25, 0.3) is 21.8 Å². The maximum atomic E-state index is 14.4. The molecule has 2 aliphatic rings. The zero-order chi connectivity index (χ0) is 29.5.